The van der Waals surface area contributed by atoms with Crippen molar-refractivity contribution in [3.63, 3.8) is 0 Å². The van der Waals surface area contributed by atoms with Crippen molar-refractivity contribution < 1.29 is 9.90 Å². The first-order chi connectivity index (χ1) is 6.85. The number of nitrogens with zero attached hydrogens (tertiary/aromatic N) is 2. The SMILES string of the molecule is Cc1cc(C2C(C(=O)O)C2(C)C)n(C)n1. The van der Waals surface area contributed by atoms with Gasteiger partial charge in [-0.1, -0.05) is 13.8 Å². The van der Waals surface area contributed by atoms with Gasteiger partial charge in [0.2, 0.25) is 0 Å². The maximum atomic E-state index is 11.0. The highest BCUT2D eigenvalue weighted by Gasteiger charge is 2.63. The average molecular weight is 208 g/mol. The van der Waals surface area contributed by atoms with E-state index in [-0.39, 0.29) is 17.3 Å². The number of aliphatic carboxylic acids is 1. The van der Waals surface area contributed by atoms with Crippen LogP contribution in [0.2, 0.25) is 0 Å². The normalized spacial score (nSPS) is 27.7. The van der Waals surface area contributed by atoms with Crippen molar-refractivity contribution in [2.24, 2.45) is 18.4 Å². The fourth-order valence-electron chi connectivity index (χ4n) is 2.57. The molecule has 82 valence electrons. The Kier molecular flexibility index (Phi) is 1.93. The first kappa shape index (κ1) is 10.2. The molecule has 1 aliphatic rings. The number of carboxylic acid groups (broad SMARTS) is 1. The van der Waals surface area contributed by atoms with Crippen molar-refractivity contribution in [3.05, 3.63) is 17.5 Å². The number of hydrogen-bond acceptors (Lipinski definition) is 2. The standard InChI is InChI=1S/C11H16N2O2/c1-6-5-7(13(4)12-6)8-9(10(14)15)11(8,2)3/h5,8-9H,1-4H3,(H,14,15). The lowest BCUT2D eigenvalue weighted by molar-refractivity contribution is -0.139. The molecule has 15 heavy (non-hydrogen) atoms. The molecule has 4 heteroatoms. The van der Waals surface area contributed by atoms with Gasteiger partial charge in [0, 0.05) is 18.7 Å². The molecule has 0 saturated heterocycles. The monoisotopic (exact) mass is 208 g/mol. The van der Waals surface area contributed by atoms with Crippen LogP contribution in [0.1, 0.15) is 31.2 Å². The molecular formula is C11H16N2O2. The van der Waals surface area contributed by atoms with Crippen molar-refractivity contribution in [1.82, 2.24) is 9.78 Å². The van der Waals surface area contributed by atoms with Gasteiger partial charge in [0.05, 0.1) is 11.6 Å². The number of aryl methyl sites for hydroxylation is 2. The fraction of sp³-hybridized carbons (Fsp3) is 0.636. The van der Waals surface area contributed by atoms with Crippen molar-refractivity contribution >= 4 is 5.97 Å². The molecule has 2 unspecified atom stereocenters. The molecule has 1 aliphatic carbocycles. The number of carbonyl (C=O) groups is 1. The molecule has 0 radical (unpaired) electrons. The number of hydrogen-bond donors (Lipinski definition) is 1. The van der Waals surface area contributed by atoms with E-state index in [1.807, 2.05) is 33.9 Å². The number of rotatable bonds is 2. The quantitative estimate of drug-likeness (QED) is 0.802. The topological polar surface area (TPSA) is 55.1 Å². The number of carboxylic acids is 1. The van der Waals surface area contributed by atoms with Gasteiger partial charge >= 0.3 is 5.97 Å². The van der Waals surface area contributed by atoms with E-state index < -0.39 is 5.97 Å². The summed E-state index contributed by atoms with van der Waals surface area (Å²) < 4.78 is 1.80. The van der Waals surface area contributed by atoms with Gasteiger partial charge in [-0.05, 0) is 18.4 Å². The first-order valence-corrected chi connectivity index (χ1v) is 5.09. The van der Waals surface area contributed by atoms with Crippen LogP contribution in [0.25, 0.3) is 0 Å². The lowest BCUT2D eigenvalue weighted by Crippen LogP contribution is -2.03. The Morgan fingerprint density at radius 3 is 2.53 bits per heavy atom. The summed E-state index contributed by atoms with van der Waals surface area (Å²) in [5, 5.41) is 13.3. The van der Waals surface area contributed by atoms with Gasteiger partial charge in [-0.2, -0.15) is 5.10 Å². The minimum absolute atomic E-state index is 0.0983. The van der Waals surface area contributed by atoms with Crippen molar-refractivity contribution in [2.75, 3.05) is 0 Å². The van der Waals surface area contributed by atoms with E-state index in [4.69, 9.17) is 5.11 Å². The van der Waals surface area contributed by atoms with Crippen LogP contribution in [0, 0.1) is 18.3 Å². The zero-order valence-electron chi connectivity index (χ0n) is 9.48. The third-order valence-corrected chi connectivity index (χ3v) is 3.45. The summed E-state index contributed by atoms with van der Waals surface area (Å²) in [4.78, 5) is 11.0. The molecule has 0 aliphatic heterocycles. The van der Waals surface area contributed by atoms with Crippen LogP contribution in [-0.4, -0.2) is 20.9 Å². The third kappa shape index (κ3) is 1.35. The lowest BCUT2D eigenvalue weighted by Gasteiger charge is -2.02. The minimum atomic E-state index is -0.705. The molecule has 4 nitrogen and oxygen atoms in total. The molecule has 2 rings (SSSR count). The predicted molar refractivity (Wildman–Crippen MR) is 55.6 cm³/mol. The fourth-order valence-corrected chi connectivity index (χ4v) is 2.57. The Balaban J connectivity index is 2.35. The summed E-state index contributed by atoms with van der Waals surface area (Å²) >= 11 is 0. The molecule has 0 aromatic carbocycles. The Labute approximate surface area is 88.9 Å². The minimum Gasteiger partial charge on any atom is -0.481 e. The van der Waals surface area contributed by atoms with Crippen LogP contribution >= 0.6 is 0 Å². The van der Waals surface area contributed by atoms with Gasteiger partial charge in [-0.25, -0.2) is 0 Å². The Bertz CT molecular complexity index is 420. The molecule has 2 atom stereocenters. The maximum absolute atomic E-state index is 11.0. The van der Waals surface area contributed by atoms with Crippen molar-refractivity contribution in [1.29, 1.82) is 0 Å². The van der Waals surface area contributed by atoms with E-state index >= 15 is 0 Å². The van der Waals surface area contributed by atoms with Gasteiger partial charge in [0.25, 0.3) is 0 Å². The van der Waals surface area contributed by atoms with Crippen molar-refractivity contribution in [3.8, 4) is 0 Å². The van der Waals surface area contributed by atoms with Gasteiger partial charge in [-0.15, -0.1) is 0 Å². The van der Waals surface area contributed by atoms with E-state index in [0.717, 1.165) is 11.4 Å². The molecule has 0 amide bonds. The summed E-state index contributed by atoms with van der Waals surface area (Å²) in [6.07, 6.45) is 0. The second kappa shape index (κ2) is 2.84. The first-order valence-electron chi connectivity index (χ1n) is 5.09. The van der Waals surface area contributed by atoms with E-state index in [1.165, 1.54) is 0 Å². The summed E-state index contributed by atoms with van der Waals surface area (Å²) in [6, 6.07) is 1.98. The molecule has 1 heterocycles. The van der Waals surface area contributed by atoms with Crippen LogP contribution in [0.15, 0.2) is 6.07 Å². The predicted octanol–water partition coefficient (Wildman–Crippen LogP) is 1.55. The highest BCUT2D eigenvalue weighted by atomic mass is 16.4. The second-order valence-electron chi connectivity index (χ2n) is 4.95. The van der Waals surface area contributed by atoms with E-state index in [2.05, 4.69) is 5.10 Å². The summed E-state index contributed by atoms with van der Waals surface area (Å²) in [5.74, 6) is -0.877. The van der Waals surface area contributed by atoms with Crippen LogP contribution < -0.4 is 0 Å². The van der Waals surface area contributed by atoms with Gasteiger partial charge in [0.1, 0.15) is 0 Å². The molecule has 1 aromatic heterocycles. The van der Waals surface area contributed by atoms with Crippen LogP contribution in [-0.2, 0) is 11.8 Å². The van der Waals surface area contributed by atoms with E-state index in [0.29, 0.717) is 0 Å². The van der Waals surface area contributed by atoms with Crippen LogP contribution in [0.5, 0.6) is 0 Å². The summed E-state index contributed by atoms with van der Waals surface area (Å²) in [7, 11) is 1.87. The van der Waals surface area contributed by atoms with Gasteiger partial charge in [0.15, 0.2) is 0 Å². The Hall–Kier alpha value is -1.32. The zero-order valence-corrected chi connectivity index (χ0v) is 9.48. The summed E-state index contributed by atoms with van der Waals surface area (Å²) in [5.41, 5.74) is 1.83. The van der Waals surface area contributed by atoms with E-state index in [9.17, 15) is 4.79 Å². The van der Waals surface area contributed by atoms with Gasteiger partial charge in [-0.3, -0.25) is 9.48 Å². The summed E-state index contributed by atoms with van der Waals surface area (Å²) in [6.45, 7) is 5.92. The van der Waals surface area contributed by atoms with Crippen LogP contribution in [0.3, 0.4) is 0 Å². The molecule has 1 N–H and O–H groups in total. The Morgan fingerprint density at radius 1 is 1.60 bits per heavy atom. The maximum Gasteiger partial charge on any atom is 0.307 e. The van der Waals surface area contributed by atoms with Crippen LogP contribution in [0.4, 0.5) is 0 Å². The molecular weight excluding hydrogens is 192 g/mol. The van der Waals surface area contributed by atoms with Crippen molar-refractivity contribution in [2.45, 2.75) is 26.7 Å². The lowest BCUT2D eigenvalue weighted by atomic mass is 10.1. The molecule has 0 bridgehead atoms. The second-order valence-corrected chi connectivity index (χ2v) is 4.95. The highest BCUT2D eigenvalue weighted by molar-refractivity contribution is 5.77. The van der Waals surface area contributed by atoms with Gasteiger partial charge < -0.3 is 5.11 Å². The van der Waals surface area contributed by atoms with E-state index in [1.54, 1.807) is 4.68 Å². The molecule has 0 spiro atoms. The average Bonchev–Trinajstić information content (AvgIpc) is 2.48. The smallest absolute Gasteiger partial charge is 0.307 e. The number of aromatic nitrogens is 2. The molecule has 1 saturated carbocycles. The zero-order chi connectivity index (χ0) is 11.4. The third-order valence-electron chi connectivity index (χ3n) is 3.45. The largest absolute Gasteiger partial charge is 0.481 e. The molecule has 1 aromatic rings. The Morgan fingerprint density at radius 2 is 2.20 bits per heavy atom. The molecule has 1 fully saturated rings. The highest BCUT2D eigenvalue weighted by Crippen LogP contribution is 2.64.